The van der Waals surface area contributed by atoms with Gasteiger partial charge in [-0.05, 0) is 44.9 Å². The Bertz CT molecular complexity index is 1540. The van der Waals surface area contributed by atoms with Crippen molar-refractivity contribution in [2.75, 3.05) is 13.2 Å². The number of aliphatic hydroxyl groups excluding tert-OH is 3. The Balaban J connectivity index is 2.69. The number of unbranched alkanes of at least 4 members (excludes halogenated alkanes) is 24. The zero-order chi connectivity index (χ0) is 51.4. The maximum Gasteiger partial charge on any atom is 0.472 e. The summed E-state index contributed by atoms with van der Waals surface area (Å²) in [5.41, 5.74) is 0. The summed E-state index contributed by atoms with van der Waals surface area (Å²) in [6.07, 6.45) is 23.2. The molecular formula is C47H89O19P3. The molecule has 0 aromatic rings. The summed E-state index contributed by atoms with van der Waals surface area (Å²) < 4.78 is 65.6. The quantitative estimate of drug-likeness (QED) is 0.0122. The lowest BCUT2D eigenvalue weighted by atomic mass is 9.85. The highest BCUT2D eigenvalue weighted by Gasteiger charge is 2.56. The number of phosphoric acid groups is 3. The molecule has 1 aliphatic carbocycles. The second kappa shape index (κ2) is 39.1. The van der Waals surface area contributed by atoms with E-state index in [1.165, 1.54) is 83.5 Å². The van der Waals surface area contributed by atoms with Crippen LogP contribution in [0, 0.1) is 0 Å². The fraction of sp³-hybridized carbons (Fsp3) is 0.872. The van der Waals surface area contributed by atoms with Crippen LogP contribution in [0.4, 0.5) is 0 Å². The zero-order valence-corrected chi connectivity index (χ0v) is 44.1. The Morgan fingerprint density at radius 2 is 0.841 bits per heavy atom. The Hall–Kier alpha value is -1.37. The molecule has 1 rings (SSSR count). The van der Waals surface area contributed by atoms with E-state index in [1.54, 1.807) is 0 Å². The average molecular weight is 1050 g/mol. The largest absolute Gasteiger partial charge is 0.472 e. The predicted octanol–water partition coefficient (Wildman–Crippen LogP) is 9.85. The normalized spacial score (nSPS) is 21.5. The van der Waals surface area contributed by atoms with Crippen LogP contribution in [0.15, 0.2) is 24.3 Å². The minimum Gasteiger partial charge on any atom is -0.462 e. The Labute approximate surface area is 411 Å². The van der Waals surface area contributed by atoms with Crippen molar-refractivity contribution in [3.8, 4) is 0 Å². The Kier molecular flexibility index (Phi) is 37.2. The molecule has 1 aliphatic rings. The van der Waals surface area contributed by atoms with E-state index in [0.29, 0.717) is 12.8 Å². The molecule has 1 saturated carbocycles. The van der Waals surface area contributed by atoms with E-state index in [2.05, 4.69) is 47.2 Å². The first-order valence-electron chi connectivity index (χ1n) is 25.6. The summed E-state index contributed by atoms with van der Waals surface area (Å²) in [4.78, 5) is 73.3. The van der Waals surface area contributed by atoms with Gasteiger partial charge in [0.2, 0.25) is 0 Å². The van der Waals surface area contributed by atoms with Gasteiger partial charge in [0.15, 0.2) is 6.10 Å². The number of esters is 2. The van der Waals surface area contributed by atoms with E-state index in [1.807, 2.05) is 0 Å². The summed E-state index contributed by atoms with van der Waals surface area (Å²) in [6, 6.07) is 0. The van der Waals surface area contributed by atoms with Crippen LogP contribution >= 0.6 is 23.5 Å². The highest BCUT2D eigenvalue weighted by atomic mass is 31.2. The lowest BCUT2D eigenvalue weighted by Crippen LogP contribution is -2.65. The third-order valence-corrected chi connectivity index (χ3v) is 13.8. The number of hydrogen-bond donors (Lipinski definition) is 8. The van der Waals surface area contributed by atoms with Gasteiger partial charge in [-0.15, -0.1) is 0 Å². The molecule has 0 bridgehead atoms. The van der Waals surface area contributed by atoms with E-state index in [0.717, 1.165) is 83.5 Å². The molecular weight excluding hydrogens is 961 g/mol. The number of carbonyl (C=O) groups is 2. The van der Waals surface area contributed by atoms with Crippen LogP contribution in [0.25, 0.3) is 0 Å². The molecule has 0 heterocycles. The Morgan fingerprint density at radius 1 is 0.464 bits per heavy atom. The summed E-state index contributed by atoms with van der Waals surface area (Å²) in [5, 5.41) is 31.9. The van der Waals surface area contributed by atoms with Crippen molar-refractivity contribution in [3.05, 3.63) is 24.3 Å². The number of phosphoric ester groups is 3. The summed E-state index contributed by atoms with van der Waals surface area (Å²) >= 11 is 0. The van der Waals surface area contributed by atoms with Crippen LogP contribution in [0.5, 0.6) is 0 Å². The van der Waals surface area contributed by atoms with E-state index in [-0.39, 0.29) is 12.8 Å². The second-order valence-corrected chi connectivity index (χ2v) is 21.9. The molecule has 69 heavy (non-hydrogen) atoms. The van der Waals surface area contributed by atoms with Crippen molar-refractivity contribution in [1.82, 2.24) is 0 Å². The van der Waals surface area contributed by atoms with Crippen LogP contribution in [-0.4, -0.2) is 108 Å². The smallest absolute Gasteiger partial charge is 0.462 e. The van der Waals surface area contributed by atoms with Crippen LogP contribution in [0.1, 0.15) is 206 Å². The molecule has 19 nitrogen and oxygen atoms in total. The van der Waals surface area contributed by atoms with Crippen LogP contribution in [0.3, 0.4) is 0 Å². The third kappa shape index (κ3) is 35.4. The van der Waals surface area contributed by atoms with Gasteiger partial charge in [0, 0.05) is 12.8 Å². The maximum absolute atomic E-state index is 13.1. The molecule has 0 aromatic carbocycles. The van der Waals surface area contributed by atoms with Gasteiger partial charge in [-0.2, -0.15) is 0 Å². The first-order valence-corrected chi connectivity index (χ1v) is 30.2. The van der Waals surface area contributed by atoms with Crippen molar-refractivity contribution in [2.45, 2.75) is 249 Å². The minimum atomic E-state index is -5.60. The molecule has 8 unspecified atom stereocenters. The third-order valence-electron chi connectivity index (χ3n) is 11.8. The summed E-state index contributed by atoms with van der Waals surface area (Å²) in [5.74, 6) is -1.30. The number of ether oxygens (including phenoxy) is 2. The van der Waals surface area contributed by atoms with Gasteiger partial charge in [-0.1, -0.05) is 173 Å². The van der Waals surface area contributed by atoms with Gasteiger partial charge in [-0.25, -0.2) is 13.7 Å². The highest BCUT2D eigenvalue weighted by Crippen LogP contribution is 2.51. The van der Waals surface area contributed by atoms with Crippen molar-refractivity contribution >= 4 is 35.4 Å². The van der Waals surface area contributed by atoms with Crippen molar-refractivity contribution in [3.63, 3.8) is 0 Å². The summed E-state index contributed by atoms with van der Waals surface area (Å²) in [6.45, 7) is 2.94. The second-order valence-electron chi connectivity index (χ2n) is 18.1. The number of aliphatic hydroxyl groups is 3. The molecule has 0 spiro atoms. The van der Waals surface area contributed by atoms with Crippen LogP contribution in [-0.2, 0) is 50.9 Å². The SMILES string of the molecule is CCCCCC=CCC=CCCCCCCCCCC(=O)OC(COC(=O)CCCCCCCCCCCCCCCCC)COP(=O)(O)OC1C(O)C(O)C(OP(=O)(O)O)C(OP(=O)(O)O)C1O. The van der Waals surface area contributed by atoms with Gasteiger partial charge in [0.05, 0.1) is 6.61 Å². The first-order chi connectivity index (χ1) is 32.8. The molecule has 0 radical (unpaired) electrons. The number of carbonyl (C=O) groups excluding carboxylic acids is 2. The molecule has 0 saturated heterocycles. The molecule has 406 valence electrons. The lowest BCUT2D eigenvalue weighted by Gasteiger charge is -2.44. The Morgan fingerprint density at radius 3 is 1.30 bits per heavy atom. The van der Waals surface area contributed by atoms with Gasteiger partial charge >= 0.3 is 35.4 Å². The fourth-order valence-electron chi connectivity index (χ4n) is 7.91. The van der Waals surface area contributed by atoms with E-state index >= 15 is 0 Å². The molecule has 0 aliphatic heterocycles. The number of hydrogen-bond acceptors (Lipinski definition) is 14. The first kappa shape index (κ1) is 65.6. The van der Waals surface area contributed by atoms with E-state index in [9.17, 15) is 63.1 Å². The van der Waals surface area contributed by atoms with Crippen molar-refractivity contribution < 1.29 is 90.6 Å². The lowest BCUT2D eigenvalue weighted by molar-refractivity contribution is -0.213. The van der Waals surface area contributed by atoms with Crippen LogP contribution in [0.2, 0.25) is 0 Å². The monoisotopic (exact) mass is 1050 g/mol. The van der Waals surface area contributed by atoms with Gasteiger partial charge < -0.3 is 49.3 Å². The highest BCUT2D eigenvalue weighted by molar-refractivity contribution is 7.47. The fourth-order valence-corrected chi connectivity index (χ4v) is 10.0. The number of rotatable bonds is 44. The molecule has 1 fully saturated rings. The zero-order valence-electron chi connectivity index (χ0n) is 41.4. The van der Waals surface area contributed by atoms with Gasteiger partial charge in [0.25, 0.3) is 0 Å². The van der Waals surface area contributed by atoms with E-state index < -0.39 is 91.3 Å². The molecule has 0 amide bonds. The van der Waals surface area contributed by atoms with Crippen LogP contribution < -0.4 is 0 Å². The van der Waals surface area contributed by atoms with Gasteiger partial charge in [0.1, 0.15) is 43.2 Å². The molecule has 8 N–H and O–H groups in total. The molecule has 22 heteroatoms. The molecule has 0 aromatic heterocycles. The van der Waals surface area contributed by atoms with Gasteiger partial charge in [-0.3, -0.25) is 27.7 Å². The minimum absolute atomic E-state index is 0.00808. The maximum atomic E-state index is 13.1. The van der Waals surface area contributed by atoms with Crippen molar-refractivity contribution in [2.24, 2.45) is 0 Å². The topological polar surface area (TPSA) is 303 Å². The van der Waals surface area contributed by atoms with Crippen molar-refractivity contribution in [1.29, 1.82) is 0 Å². The standard InChI is InChI=1S/C47H89O19P3/c1-3-5-7-9-11-13-15-17-19-20-22-24-26-28-30-32-34-36-41(49)63-39(37-61-40(48)35-33-31-29-27-25-23-21-18-16-14-12-10-8-6-4-2)38-62-69(59,60)66-45-42(50)43(51)46(64-67(53,54)55)47(44(45)52)65-68(56,57)58/h11,13,17,19,39,42-47,50-52H,3-10,12,14-16,18,20-38H2,1-2H3,(H,59,60)(H2,53,54,55)(H2,56,57,58). The predicted molar refractivity (Wildman–Crippen MR) is 261 cm³/mol. The molecule has 8 atom stereocenters. The number of allylic oxidation sites excluding steroid dienone is 4. The average Bonchev–Trinajstić information content (AvgIpc) is 3.28. The summed E-state index contributed by atoms with van der Waals surface area (Å²) in [7, 11) is -16.6. The van der Waals surface area contributed by atoms with E-state index in [4.69, 9.17) is 18.5 Å².